The Labute approximate surface area is 115 Å². The number of hydrogen-bond acceptors (Lipinski definition) is 4. The predicted octanol–water partition coefficient (Wildman–Crippen LogP) is 1.17. The van der Waals surface area contributed by atoms with E-state index in [0.29, 0.717) is 13.1 Å². The van der Waals surface area contributed by atoms with Crippen molar-refractivity contribution >= 4 is 9.84 Å². The quantitative estimate of drug-likeness (QED) is 0.732. The van der Waals surface area contributed by atoms with Crippen molar-refractivity contribution in [2.75, 3.05) is 37.7 Å². The van der Waals surface area contributed by atoms with Gasteiger partial charge in [0.2, 0.25) is 0 Å². The Morgan fingerprint density at radius 1 is 0.789 bits per heavy atom. The number of allylic oxidation sites excluding steroid dienone is 4. The summed E-state index contributed by atoms with van der Waals surface area (Å²) in [7, 11) is -2.98. The minimum atomic E-state index is -2.98. The Bertz CT molecular complexity index is 464. The number of sulfone groups is 1. The molecule has 0 atom stereocenters. The fourth-order valence-corrected chi connectivity index (χ4v) is 3.19. The molecule has 2 aliphatic rings. The molecule has 0 saturated heterocycles. The first-order chi connectivity index (χ1) is 9.16. The minimum absolute atomic E-state index is 0.221. The van der Waals surface area contributed by atoms with Crippen LogP contribution in [-0.4, -0.2) is 55.9 Å². The summed E-state index contributed by atoms with van der Waals surface area (Å²) in [6.07, 6.45) is 15.7. The molecule has 0 fully saturated rings. The molecule has 0 aromatic rings. The van der Waals surface area contributed by atoms with Gasteiger partial charge in [-0.15, -0.1) is 0 Å². The first-order valence-electron chi connectivity index (χ1n) is 6.51. The Kier molecular flexibility index (Phi) is 4.85. The first kappa shape index (κ1) is 13.9. The van der Waals surface area contributed by atoms with Crippen LogP contribution in [0.25, 0.3) is 0 Å². The maximum atomic E-state index is 12.0. The van der Waals surface area contributed by atoms with Crippen molar-refractivity contribution in [1.29, 1.82) is 0 Å². The maximum absolute atomic E-state index is 12.0. The van der Waals surface area contributed by atoms with E-state index < -0.39 is 9.84 Å². The molecule has 0 spiro atoms. The Hall–Kier alpha value is -1.49. The monoisotopic (exact) mass is 280 g/mol. The summed E-state index contributed by atoms with van der Waals surface area (Å²) in [5, 5.41) is 0. The van der Waals surface area contributed by atoms with Crippen molar-refractivity contribution in [2.24, 2.45) is 0 Å². The van der Waals surface area contributed by atoms with E-state index >= 15 is 0 Å². The van der Waals surface area contributed by atoms with Gasteiger partial charge in [-0.25, -0.2) is 8.42 Å². The molecule has 0 aliphatic carbocycles. The van der Waals surface area contributed by atoms with Gasteiger partial charge in [0.15, 0.2) is 9.84 Å². The molecule has 2 rings (SSSR count). The van der Waals surface area contributed by atoms with E-state index in [1.807, 2.05) is 58.7 Å². The second kappa shape index (κ2) is 6.61. The van der Waals surface area contributed by atoms with Gasteiger partial charge in [0.05, 0.1) is 11.5 Å². The zero-order valence-corrected chi connectivity index (χ0v) is 11.8. The summed E-state index contributed by atoms with van der Waals surface area (Å²) in [4.78, 5) is 4.03. The van der Waals surface area contributed by atoms with Crippen LogP contribution in [0.15, 0.2) is 48.9 Å². The van der Waals surface area contributed by atoms with E-state index in [4.69, 9.17) is 0 Å². The molecule has 5 heteroatoms. The van der Waals surface area contributed by atoms with Gasteiger partial charge in [-0.05, 0) is 24.6 Å². The van der Waals surface area contributed by atoms with Gasteiger partial charge in [-0.2, -0.15) is 0 Å². The van der Waals surface area contributed by atoms with Gasteiger partial charge >= 0.3 is 0 Å². The Morgan fingerprint density at radius 3 is 1.63 bits per heavy atom. The van der Waals surface area contributed by atoms with Crippen molar-refractivity contribution in [3.05, 3.63) is 48.9 Å². The molecule has 0 N–H and O–H groups in total. The largest absolute Gasteiger partial charge is 0.373 e. The van der Waals surface area contributed by atoms with Crippen LogP contribution in [0.4, 0.5) is 0 Å². The highest BCUT2D eigenvalue weighted by atomic mass is 32.2. The highest BCUT2D eigenvalue weighted by Gasteiger charge is 2.14. The summed E-state index contributed by atoms with van der Waals surface area (Å²) in [5.74, 6) is 0.442. The summed E-state index contributed by atoms with van der Waals surface area (Å²) in [6, 6.07) is 0. The molecule has 2 aliphatic heterocycles. The van der Waals surface area contributed by atoms with Crippen LogP contribution in [0, 0.1) is 0 Å². The molecular weight excluding hydrogens is 260 g/mol. The van der Waals surface area contributed by atoms with Crippen molar-refractivity contribution in [1.82, 2.24) is 9.80 Å². The van der Waals surface area contributed by atoms with Crippen LogP contribution < -0.4 is 0 Å². The molecule has 0 unspecified atom stereocenters. The van der Waals surface area contributed by atoms with Gasteiger partial charge in [0.25, 0.3) is 0 Å². The molecule has 0 aromatic heterocycles. The third-order valence-corrected chi connectivity index (χ3v) is 4.76. The molecular formula is C14H20N2O2S. The minimum Gasteiger partial charge on any atom is -0.373 e. The fraction of sp³-hybridized carbons (Fsp3) is 0.429. The Morgan fingerprint density at radius 2 is 1.26 bits per heavy atom. The molecule has 0 saturated carbocycles. The summed E-state index contributed by atoms with van der Waals surface area (Å²) >= 11 is 0. The first-order valence-corrected chi connectivity index (χ1v) is 8.33. The van der Waals surface area contributed by atoms with Crippen LogP contribution in [0.2, 0.25) is 0 Å². The van der Waals surface area contributed by atoms with Gasteiger partial charge in [-0.3, -0.25) is 0 Å². The molecule has 4 nitrogen and oxygen atoms in total. The SMILES string of the molecule is O=S(=O)(CCN1C=CC=CC1)CCN1C=CC=CC1. The van der Waals surface area contributed by atoms with Gasteiger partial charge < -0.3 is 9.80 Å². The molecule has 0 radical (unpaired) electrons. The third kappa shape index (κ3) is 4.95. The van der Waals surface area contributed by atoms with Gasteiger partial charge in [0, 0.05) is 26.2 Å². The number of nitrogens with zero attached hydrogens (tertiary/aromatic N) is 2. The number of hydrogen-bond donors (Lipinski definition) is 0. The van der Waals surface area contributed by atoms with Crippen molar-refractivity contribution < 1.29 is 8.42 Å². The maximum Gasteiger partial charge on any atom is 0.153 e. The van der Waals surface area contributed by atoms with Gasteiger partial charge in [0.1, 0.15) is 0 Å². The average molecular weight is 280 g/mol. The molecule has 19 heavy (non-hydrogen) atoms. The number of rotatable bonds is 6. The fourth-order valence-electron chi connectivity index (χ4n) is 1.96. The average Bonchev–Trinajstić information content (AvgIpc) is 2.46. The molecule has 0 bridgehead atoms. The molecule has 0 aromatic carbocycles. The lowest BCUT2D eigenvalue weighted by atomic mass is 10.3. The lowest BCUT2D eigenvalue weighted by molar-refractivity contribution is 0.425. The molecule has 0 amide bonds. The highest BCUT2D eigenvalue weighted by molar-refractivity contribution is 7.91. The molecule has 2 heterocycles. The summed E-state index contributed by atoms with van der Waals surface area (Å²) in [6.45, 7) is 2.73. The summed E-state index contributed by atoms with van der Waals surface area (Å²) in [5.41, 5.74) is 0. The van der Waals surface area contributed by atoms with E-state index in [0.717, 1.165) is 13.1 Å². The van der Waals surface area contributed by atoms with Crippen LogP contribution >= 0.6 is 0 Å². The molecule has 104 valence electrons. The predicted molar refractivity (Wildman–Crippen MR) is 78.4 cm³/mol. The van der Waals surface area contributed by atoms with Crippen LogP contribution in [0.1, 0.15) is 0 Å². The van der Waals surface area contributed by atoms with Crippen LogP contribution in [0.3, 0.4) is 0 Å². The zero-order valence-electron chi connectivity index (χ0n) is 11.0. The van der Waals surface area contributed by atoms with E-state index in [1.54, 1.807) is 0 Å². The van der Waals surface area contributed by atoms with Gasteiger partial charge in [-0.1, -0.05) is 24.3 Å². The standard InChI is InChI=1S/C14H20N2O2S/c17-19(18,13-11-15-7-3-1-4-8-15)14-12-16-9-5-2-6-10-16/h1-7,9H,8,10-14H2. The summed E-state index contributed by atoms with van der Waals surface area (Å²) < 4.78 is 24.0. The normalized spacial score (nSPS) is 18.3. The second-order valence-electron chi connectivity index (χ2n) is 4.68. The van der Waals surface area contributed by atoms with Crippen LogP contribution in [-0.2, 0) is 9.84 Å². The van der Waals surface area contributed by atoms with E-state index in [9.17, 15) is 8.42 Å². The van der Waals surface area contributed by atoms with Crippen molar-refractivity contribution in [3.63, 3.8) is 0 Å². The highest BCUT2D eigenvalue weighted by Crippen LogP contribution is 2.03. The Balaban J connectivity index is 1.72. The van der Waals surface area contributed by atoms with Crippen molar-refractivity contribution in [3.8, 4) is 0 Å². The van der Waals surface area contributed by atoms with E-state index in [2.05, 4.69) is 0 Å². The van der Waals surface area contributed by atoms with E-state index in [1.165, 1.54) is 0 Å². The van der Waals surface area contributed by atoms with E-state index in [-0.39, 0.29) is 11.5 Å². The second-order valence-corrected chi connectivity index (χ2v) is 6.98. The van der Waals surface area contributed by atoms with Crippen LogP contribution in [0.5, 0.6) is 0 Å². The van der Waals surface area contributed by atoms with Crippen molar-refractivity contribution in [2.45, 2.75) is 0 Å². The third-order valence-electron chi connectivity index (χ3n) is 3.15. The lowest BCUT2D eigenvalue weighted by Gasteiger charge is -2.22. The zero-order chi connectivity index (χ0) is 13.6. The topological polar surface area (TPSA) is 40.6 Å². The smallest absolute Gasteiger partial charge is 0.153 e. The lowest BCUT2D eigenvalue weighted by Crippen LogP contribution is -2.31.